The number of carbonyl (C=O) groups is 2. The Kier molecular flexibility index (Phi) is 5.10. The van der Waals surface area contributed by atoms with Crippen LogP contribution >= 0.6 is 0 Å². The number of anilines is 1. The van der Waals surface area contributed by atoms with Crippen molar-refractivity contribution < 1.29 is 9.59 Å². The maximum absolute atomic E-state index is 12.1. The molecule has 2 rings (SSSR count). The van der Waals surface area contributed by atoms with E-state index in [1.165, 1.54) is 6.92 Å². The van der Waals surface area contributed by atoms with Crippen LogP contribution in [-0.2, 0) is 9.59 Å². The Bertz CT molecular complexity index is 597. The molecule has 0 bridgehead atoms. The Morgan fingerprint density at radius 1 is 0.952 bits per heavy atom. The fourth-order valence-electron chi connectivity index (χ4n) is 2.10. The first-order chi connectivity index (χ1) is 10.1. The second-order valence-corrected chi connectivity index (χ2v) is 4.78. The topological polar surface area (TPSA) is 58.2 Å². The molecule has 2 aromatic carbocycles. The van der Waals surface area contributed by atoms with Crippen LogP contribution in [0.1, 0.15) is 24.9 Å². The SMILES string of the molecule is CC(=O)NC(CC(=O)Nc1ccccc1)c1ccccc1. The minimum Gasteiger partial charge on any atom is -0.349 e. The number of carbonyl (C=O) groups excluding carboxylic acids is 2. The number of para-hydroxylation sites is 1. The van der Waals surface area contributed by atoms with Crippen LogP contribution in [0, 0.1) is 0 Å². The van der Waals surface area contributed by atoms with E-state index >= 15 is 0 Å². The van der Waals surface area contributed by atoms with Crippen molar-refractivity contribution in [1.82, 2.24) is 5.32 Å². The molecule has 0 radical (unpaired) electrons. The molecule has 4 nitrogen and oxygen atoms in total. The summed E-state index contributed by atoms with van der Waals surface area (Å²) >= 11 is 0. The molecule has 0 aliphatic rings. The van der Waals surface area contributed by atoms with Crippen LogP contribution in [0.5, 0.6) is 0 Å². The largest absolute Gasteiger partial charge is 0.349 e. The normalized spacial score (nSPS) is 11.5. The Labute approximate surface area is 124 Å². The van der Waals surface area contributed by atoms with Crippen molar-refractivity contribution in [2.45, 2.75) is 19.4 Å². The van der Waals surface area contributed by atoms with Crippen LogP contribution in [0.2, 0.25) is 0 Å². The van der Waals surface area contributed by atoms with Gasteiger partial charge >= 0.3 is 0 Å². The number of rotatable bonds is 5. The number of amides is 2. The van der Waals surface area contributed by atoms with Gasteiger partial charge in [0.2, 0.25) is 11.8 Å². The van der Waals surface area contributed by atoms with Crippen molar-refractivity contribution >= 4 is 17.5 Å². The zero-order valence-corrected chi connectivity index (χ0v) is 11.9. The molecule has 0 aliphatic heterocycles. The molecule has 108 valence electrons. The predicted octanol–water partition coefficient (Wildman–Crippen LogP) is 2.89. The van der Waals surface area contributed by atoms with Crippen molar-refractivity contribution in [2.75, 3.05) is 5.32 Å². The molecular weight excluding hydrogens is 264 g/mol. The Morgan fingerprint density at radius 2 is 1.52 bits per heavy atom. The van der Waals surface area contributed by atoms with E-state index < -0.39 is 0 Å². The molecule has 0 spiro atoms. The van der Waals surface area contributed by atoms with Gasteiger partial charge in [0.05, 0.1) is 12.5 Å². The van der Waals surface area contributed by atoms with Crippen LogP contribution in [0.4, 0.5) is 5.69 Å². The second kappa shape index (κ2) is 7.24. The maximum atomic E-state index is 12.1. The molecule has 4 heteroatoms. The van der Waals surface area contributed by atoms with E-state index in [1.54, 1.807) is 0 Å². The fraction of sp³-hybridized carbons (Fsp3) is 0.176. The van der Waals surface area contributed by atoms with Gasteiger partial charge in [0.1, 0.15) is 0 Å². The Balaban J connectivity index is 2.05. The summed E-state index contributed by atoms with van der Waals surface area (Å²) < 4.78 is 0. The third-order valence-corrected chi connectivity index (χ3v) is 3.03. The van der Waals surface area contributed by atoms with Crippen LogP contribution in [0.15, 0.2) is 60.7 Å². The monoisotopic (exact) mass is 282 g/mol. The van der Waals surface area contributed by atoms with Gasteiger partial charge in [-0.1, -0.05) is 48.5 Å². The van der Waals surface area contributed by atoms with Gasteiger partial charge < -0.3 is 10.6 Å². The smallest absolute Gasteiger partial charge is 0.226 e. The Hall–Kier alpha value is -2.62. The lowest BCUT2D eigenvalue weighted by Gasteiger charge is -2.18. The van der Waals surface area contributed by atoms with Crippen LogP contribution < -0.4 is 10.6 Å². The molecule has 1 atom stereocenters. The fourth-order valence-corrected chi connectivity index (χ4v) is 2.10. The van der Waals surface area contributed by atoms with Crippen molar-refractivity contribution in [3.63, 3.8) is 0 Å². The summed E-state index contributed by atoms with van der Waals surface area (Å²) in [5.74, 6) is -0.292. The number of hydrogen-bond donors (Lipinski definition) is 2. The molecule has 0 aromatic heterocycles. The lowest BCUT2D eigenvalue weighted by atomic mass is 10.0. The van der Waals surface area contributed by atoms with Crippen molar-refractivity contribution in [3.8, 4) is 0 Å². The average Bonchev–Trinajstić information content (AvgIpc) is 2.48. The second-order valence-electron chi connectivity index (χ2n) is 4.78. The van der Waals surface area contributed by atoms with Gasteiger partial charge in [-0.3, -0.25) is 9.59 Å². The lowest BCUT2D eigenvalue weighted by Crippen LogP contribution is -2.29. The van der Waals surface area contributed by atoms with Gasteiger partial charge in [0, 0.05) is 12.6 Å². The minimum absolute atomic E-state index is 0.135. The molecule has 0 saturated heterocycles. The number of nitrogens with one attached hydrogen (secondary N) is 2. The van der Waals surface area contributed by atoms with Crippen LogP contribution in [0.25, 0.3) is 0 Å². The highest BCUT2D eigenvalue weighted by Crippen LogP contribution is 2.17. The molecular formula is C17H18N2O2. The van der Waals surface area contributed by atoms with Crippen molar-refractivity contribution in [1.29, 1.82) is 0 Å². The van der Waals surface area contributed by atoms with Crippen molar-refractivity contribution in [3.05, 3.63) is 66.2 Å². The van der Waals surface area contributed by atoms with E-state index in [1.807, 2.05) is 60.7 Å². The van der Waals surface area contributed by atoms with Crippen LogP contribution in [0.3, 0.4) is 0 Å². The van der Waals surface area contributed by atoms with Gasteiger partial charge in [0.15, 0.2) is 0 Å². The van der Waals surface area contributed by atoms with E-state index in [0.717, 1.165) is 11.3 Å². The first-order valence-electron chi connectivity index (χ1n) is 6.82. The predicted molar refractivity (Wildman–Crippen MR) is 82.7 cm³/mol. The highest BCUT2D eigenvalue weighted by molar-refractivity contribution is 5.91. The summed E-state index contributed by atoms with van der Waals surface area (Å²) in [6.07, 6.45) is 0.193. The van der Waals surface area contributed by atoms with Gasteiger partial charge in [0.25, 0.3) is 0 Å². The van der Waals surface area contributed by atoms with E-state index in [4.69, 9.17) is 0 Å². The van der Waals surface area contributed by atoms with E-state index in [2.05, 4.69) is 10.6 Å². The third-order valence-electron chi connectivity index (χ3n) is 3.03. The van der Waals surface area contributed by atoms with Crippen molar-refractivity contribution in [2.24, 2.45) is 0 Å². The molecule has 21 heavy (non-hydrogen) atoms. The van der Waals surface area contributed by atoms with Gasteiger partial charge in [-0.2, -0.15) is 0 Å². The minimum atomic E-state index is -0.326. The molecule has 2 N–H and O–H groups in total. The summed E-state index contributed by atoms with van der Waals surface area (Å²) in [5.41, 5.74) is 1.66. The number of benzene rings is 2. The molecule has 2 amide bonds. The zero-order valence-electron chi connectivity index (χ0n) is 11.9. The summed E-state index contributed by atoms with van der Waals surface area (Å²) in [6, 6.07) is 18.4. The zero-order chi connectivity index (χ0) is 15.1. The Morgan fingerprint density at radius 3 is 2.10 bits per heavy atom. The highest BCUT2D eigenvalue weighted by Gasteiger charge is 2.16. The van der Waals surface area contributed by atoms with Gasteiger partial charge in [-0.25, -0.2) is 0 Å². The molecule has 0 heterocycles. The van der Waals surface area contributed by atoms with Gasteiger partial charge in [-0.05, 0) is 17.7 Å². The average molecular weight is 282 g/mol. The molecule has 2 aromatic rings. The first kappa shape index (κ1) is 14.8. The number of hydrogen-bond acceptors (Lipinski definition) is 2. The summed E-state index contributed by atoms with van der Waals surface area (Å²) in [7, 11) is 0. The molecule has 1 unspecified atom stereocenters. The standard InChI is InChI=1S/C17H18N2O2/c1-13(20)18-16(14-8-4-2-5-9-14)12-17(21)19-15-10-6-3-7-11-15/h2-11,16H,12H2,1H3,(H,18,20)(H,19,21). The quantitative estimate of drug-likeness (QED) is 0.886. The van der Waals surface area contributed by atoms with Crippen LogP contribution in [-0.4, -0.2) is 11.8 Å². The summed E-state index contributed by atoms with van der Waals surface area (Å²) in [5, 5.41) is 5.64. The lowest BCUT2D eigenvalue weighted by molar-refractivity contribution is -0.120. The first-order valence-corrected chi connectivity index (χ1v) is 6.82. The molecule has 0 aliphatic carbocycles. The van der Waals surface area contributed by atoms with E-state index in [9.17, 15) is 9.59 Å². The molecule has 0 saturated carbocycles. The third kappa shape index (κ3) is 4.76. The summed E-state index contributed by atoms with van der Waals surface area (Å²) in [4.78, 5) is 23.4. The van der Waals surface area contributed by atoms with E-state index in [0.29, 0.717) is 0 Å². The molecule has 0 fully saturated rings. The maximum Gasteiger partial charge on any atom is 0.226 e. The highest BCUT2D eigenvalue weighted by atomic mass is 16.2. The summed E-state index contributed by atoms with van der Waals surface area (Å²) in [6.45, 7) is 1.45. The van der Waals surface area contributed by atoms with Gasteiger partial charge in [-0.15, -0.1) is 0 Å². The van der Waals surface area contributed by atoms with E-state index in [-0.39, 0.29) is 24.3 Å².